The van der Waals surface area contributed by atoms with Crippen molar-refractivity contribution in [2.24, 2.45) is 0 Å². The molecule has 0 spiro atoms. The highest BCUT2D eigenvalue weighted by molar-refractivity contribution is 5.12. The van der Waals surface area contributed by atoms with Crippen molar-refractivity contribution in [2.75, 3.05) is 5.73 Å². The summed E-state index contributed by atoms with van der Waals surface area (Å²) in [6, 6.07) is 0. The first-order valence-electron chi connectivity index (χ1n) is 3.98. The van der Waals surface area contributed by atoms with E-state index in [0.717, 1.165) is 13.0 Å². The summed E-state index contributed by atoms with van der Waals surface area (Å²) in [7, 11) is 0. The van der Waals surface area contributed by atoms with Gasteiger partial charge in [0.25, 0.3) is 0 Å². The number of hydrogen-bond acceptors (Lipinski definition) is 3. The van der Waals surface area contributed by atoms with Crippen LogP contribution in [0.3, 0.4) is 0 Å². The number of aromatic nitrogens is 3. The summed E-state index contributed by atoms with van der Waals surface area (Å²) in [4.78, 5) is 0. The lowest BCUT2D eigenvalue weighted by molar-refractivity contribution is 0.606. The number of rotatable bonds is 4. The molecular weight excluding hydrogens is 140 g/mol. The van der Waals surface area contributed by atoms with Gasteiger partial charge in [0.05, 0.1) is 0 Å². The fraction of sp³-hybridized carbons (Fsp3) is 0.714. The highest BCUT2D eigenvalue weighted by Gasteiger charge is 1.96. The van der Waals surface area contributed by atoms with Gasteiger partial charge in [0, 0.05) is 6.54 Å². The standard InChI is InChI=1S/C7H14N4/c1-2-3-4-5-11-6-9-10-7(11)8/h6H,2-5H2,1H3,(H2,8,10). The van der Waals surface area contributed by atoms with Crippen molar-refractivity contribution in [3.63, 3.8) is 0 Å². The Kier molecular flexibility index (Phi) is 2.89. The molecule has 0 amide bonds. The summed E-state index contributed by atoms with van der Waals surface area (Å²) in [6.45, 7) is 3.11. The predicted molar refractivity (Wildman–Crippen MR) is 44.0 cm³/mol. The number of anilines is 1. The first-order chi connectivity index (χ1) is 5.34. The molecule has 0 radical (unpaired) electrons. The summed E-state index contributed by atoms with van der Waals surface area (Å²) in [5, 5.41) is 7.37. The van der Waals surface area contributed by atoms with E-state index >= 15 is 0 Å². The minimum atomic E-state index is 0.515. The summed E-state index contributed by atoms with van der Waals surface area (Å²) in [6.07, 6.45) is 5.28. The van der Waals surface area contributed by atoms with Crippen LogP contribution >= 0.6 is 0 Å². The molecule has 1 aromatic heterocycles. The number of nitrogens with zero attached hydrogens (tertiary/aromatic N) is 3. The topological polar surface area (TPSA) is 56.7 Å². The van der Waals surface area contributed by atoms with Gasteiger partial charge in [0.15, 0.2) is 0 Å². The third-order valence-corrected chi connectivity index (χ3v) is 1.65. The zero-order chi connectivity index (χ0) is 8.10. The monoisotopic (exact) mass is 154 g/mol. The Morgan fingerprint density at radius 2 is 2.36 bits per heavy atom. The van der Waals surface area contributed by atoms with Crippen LogP contribution in [0.5, 0.6) is 0 Å². The molecule has 4 heteroatoms. The average molecular weight is 154 g/mol. The van der Waals surface area contributed by atoms with Crippen molar-refractivity contribution in [1.82, 2.24) is 14.8 Å². The number of hydrogen-bond donors (Lipinski definition) is 1. The van der Waals surface area contributed by atoms with Crippen LogP contribution in [0.15, 0.2) is 6.33 Å². The second-order valence-corrected chi connectivity index (χ2v) is 2.59. The lowest BCUT2D eigenvalue weighted by atomic mass is 10.2. The molecule has 0 aliphatic carbocycles. The Labute approximate surface area is 66.4 Å². The van der Waals surface area contributed by atoms with Crippen LogP contribution in [0.2, 0.25) is 0 Å². The largest absolute Gasteiger partial charge is 0.368 e. The summed E-state index contributed by atoms with van der Waals surface area (Å²) < 4.78 is 1.87. The molecule has 0 fully saturated rings. The first-order valence-corrected chi connectivity index (χ1v) is 3.98. The number of unbranched alkanes of at least 4 members (excludes halogenated alkanes) is 2. The van der Waals surface area contributed by atoms with Gasteiger partial charge >= 0.3 is 0 Å². The highest BCUT2D eigenvalue weighted by Crippen LogP contribution is 2.01. The van der Waals surface area contributed by atoms with Gasteiger partial charge < -0.3 is 10.3 Å². The van der Waals surface area contributed by atoms with E-state index in [1.54, 1.807) is 6.33 Å². The van der Waals surface area contributed by atoms with Crippen molar-refractivity contribution in [3.8, 4) is 0 Å². The Bertz CT molecular complexity index is 206. The van der Waals surface area contributed by atoms with E-state index in [9.17, 15) is 0 Å². The predicted octanol–water partition coefficient (Wildman–Crippen LogP) is 1.05. The first kappa shape index (κ1) is 8.04. The normalized spacial score (nSPS) is 10.3. The summed E-state index contributed by atoms with van der Waals surface area (Å²) in [5.74, 6) is 0.515. The summed E-state index contributed by atoms with van der Waals surface area (Å²) in [5.41, 5.74) is 5.51. The van der Waals surface area contributed by atoms with E-state index < -0.39 is 0 Å². The van der Waals surface area contributed by atoms with Gasteiger partial charge in [-0.1, -0.05) is 19.8 Å². The van der Waals surface area contributed by atoms with E-state index in [1.807, 2.05) is 4.57 Å². The van der Waals surface area contributed by atoms with Gasteiger partial charge in [-0.05, 0) is 6.42 Å². The number of nitrogen functional groups attached to an aromatic ring is 1. The third kappa shape index (κ3) is 2.22. The molecule has 62 valence electrons. The van der Waals surface area contributed by atoms with Gasteiger partial charge in [-0.15, -0.1) is 10.2 Å². The third-order valence-electron chi connectivity index (χ3n) is 1.65. The number of nitrogens with two attached hydrogens (primary N) is 1. The molecule has 0 aliphatic heterocycles. The Balaban J connectivity index is 2.32. The molecule has 0 unspecified atom stereocenters. The molecule has 1 heterocycles. The lowest BCUT2D eigenvalue weighted by Gasteiger charge is -2.00. The van der Waals surface area contributed by atoms with Crippen LogP contribution in [0.1, 0.15) is 26.2 Å². The second-order valence-electron chi connectivity index (χ2n) is 2.59. The van der Waals surface area contributed by atoms with Crippen molar-refractivity contribution >= 4 is 5.95 Å². The Hall–Kier alpha value is -1.06. The van der Waals surface area contributed by atoms with Crippen LogP contribution in [0.4, 0.5) is 5.95 Å². The van der Waals surface area contributed by atoms with Crippen molar-refractivity contribution in [1.29, 1.82) is 0 Å². The minimum absolute atomic E-state index is 0.515. The van der Waals surface area contributed by atoms with Crippen LogP contribution < -0.4 is 5.73 Å². The maximum atomic E-state index is 5.51. The quantitative estimate of drug-likeness (QED) is 0.659. The molecule has 0 bridgehead atoms. The fourth-order valence-corrected chi connectivity index (χ4v) is 0.968. The molecule has 1 aromatic rings. The van der Waals surface area contributed by atoms with Gasteiger partial charge in [0.1, 0.15) is 6.33 Å². The molecule has 0 saturated heterocycles. The zero-order valence-electron chi connectivity index (χ0n) is 6.82. The van der Waals surface area contributed by atoms with Crippen LogP contribution in [0.25, 0.3) is 0 Å². The zero-order valence-corrected chi connectivity index (χ0v) is 6.82. The van der Waals surface area contributed by atoms with Gasteiger partial charge in [-0.2, -0.15) is 0 Å². The van der Waals surface area contributed by atoms with Gasteiger partial charge in [-0.3, -0.25) is 0 Å². The van der Waals surface area contributed by atoms with E-state index in [4.69, 9.17) is 5.73 Å². The van der Waals surface area contributed by atoms with Crippen LogP contribution in [-0.4, -0.2) is 14.8 Å². The Morgan fingerprint density at radius 1 is 1.55 bits per heavy atom. The maximum Gasteiger partial charge on any atom is 0.221 e. The SMILES string of the molecule is CCCCCn1cnnc1N. The molecule has 2 N–H and O–H groups in total. The van der Waals surface area contributed by atoms with E-state index in [-0.39, 0.29) is 0 Å². The van der Waals surface area contributed by atoms with Gasteiger partial charge in [0.2, 0.25) is 5.95 Å². The molecule has 0 aromatic carbocycles. The van der Waals surface area contributed by atoms with Gasteiger partial charge in [-0.25, -0.2) is 0 Å². The fourth-order valence-electron chi connectivity index (χ4n) is 0.968. The highest BCUT2D eigenvalue weighted by atomic mass is 15.3. The Morgan fingerprint density at radius 3 is 2.91 bits per heavy atom. The average Bonchev–Trinajstić information content (AvgIpc) is 2.37. The van der Waals surface area contributed by atoms with Crippen LogP contribution in [0, 0.1) is 0 Å². The lowest BCUT2D eigenvalue weighted by Crippen LogP contribution is -2.02. The second kappa shape index (κ2) is 3.95. The van der Waals surface area contributed by atoms with E-state index in [0.29, 0.717) is 5.95 Å². The molecule has 0 atom stereocenters. The minimum Gasteiger partial charge on any atom is -0.368 e. The molecule has 11 heavy (non-hydrogen) atoms. The molecule has 1 rings (SSSR count). The van der Waals surface area contributed by atoms with Crippen molar-refractivity contribution in [3.05, 3.63) is 6.33 Å². The van der Waals surface area contributed by atoms with Crippen molar-refractivity contribution in [2.45, 2.75) is 32.7 Å². The van der Waals surface area contributed by atoms with E-state index in [1.165, 1.54) is 12.8 Å². The smallest absolute Gasteiger partial charge is 0.221 e. The summed E-state index contributed by atoms with van der Waals surface area (Å²) >= 11 is 0. The maximum absolute atomic E-state index is 5.51. The molecular formula is C7H14N4. The molecule has 0 aliphatic rings. The van der Waals surface area contributed by atoms with Crippen molar-refractivity contribution < 1.29 is 0 Å². The van der Waals surface area contributed by atoms with Crippen LogP contribution in [-0.2, 0) is 6.54 Å². The number of aryl methyl sites for hydroxylation is 1. The molecule has 4 nitrogen and oxygen atoms in total. The van der Waals surface area contributed by atoms with E-state index in [2.05, 4.69) is 17.1 Å². The molecule has 0 saturated carbocycles.